The van der Waals surface area contributed by atoms with Gasteiger partial charge in [-0.15, -0.1) is 5.54 Å². The summed E-state index contributed by atoms with van der Waals surface area (Å²) in [7, 11) is -1.31. The third-order valence-corrected chi connectivity index (χ3v) is 2.27. The zero-order valence-corrected chi connectivity index (χ0v) is 10.1. The van der Waals surface area contributed by atoms with Gasteiger partial charge in [0.25, 0.3) is 0 Å². The highest BCUT2D eigenvalue weighted by atomic mass is 28.3. The Kier molecular flexibility index (Phi) is 5.77. The van der Waals surface area contributed by atoms with E-state index in [0.717, 1.165) is 6.42 Å². The highest BCUT2D eigenvalue weighted by Gasteiger charge is 2.08. The molecule has 13 heavy (non-hydrogen) atoms. The second-order valence-electron chi connectivity index (χ2n) is 4.15. The van der Waals surface area contributed by atoms with E-state index >= 15 is 0 Å². The maximum absolute atomic E-state index is 9.44. The van der Waals surface area contributed by atoms with Crippen LogP contribution in [0.15, 0.2) is 12.2 Å². The lowest BCUT2D eigenvalue weighted by Gasteiger charge is -2.05. The Bertz CT molecular complexity index is 214. The summed E-state index contributed by atoms with van der Waals surface area (Å²) in [6.45, 7) is 8.61. The average molecular weight is 196 g/mol. The van der Waals surface area contributed by atoms with E-state index in [9.17, 15) is 5.11 Å². The van der Waals surface area contributed by atoms with E-state index in [4.69, 9.17) is 0 Å². The van der Waals surface area contributed by atoms with Crippen LogP contribution >= 0.6 is 0 Å². The van der Waals surface area contributed by atoms with Crippen LogP contribution in [0.4, 0.5) is 0 Å². The molecule has 0 amide bonds. The predicted molar refractivity (Wildman–Crippen MR) is 61.2 cm³/mol. The fourth-order valence-corrected chi connectivity index (χ4v) is 1.35. The van der Waals surface area contributed by atoms with Crippen molar-refractivity contribution in [3.63, 3.8) is 0 Å². The second-order valence-corrected chi connectivity index (χ2v) is 8.90. The van der Waals surface area contributed by atoms with Gasteiger partial charge in [0.1, 0.15) is 14.2 Å². The largest absolute Gasteiger partial charge is 0.380 e. The molecule has 0 spiro atoms. The minimum atomic E-state index is -1.31. The van der Waals surface area contributed by atoms with Crippen LogP contribution in [0.1, 0.15) is 19.8 Å². The molecular weight excluding hydrogens is 176 g/mol. The molecule has 74 valence electrons. The van der Waals surface area contributed by atoms with Gasteiger partial charge in [-0.25, -0.2) is 0 Å². The summed E-state index contributed by atoms with van der Waals surface area (Å²) in [4.78, 5) is 0. The van der Waals surface area contributed by atoms with Gasteiger partial charge in [-0.05, 0) is 6.42 Å². The number of hydrogen-bond acceptors (Lipinski definition) is 1. The van der Waals surface area contributed by atoms with E-state index in [1.54, 1.807) is 0 Å². The van der Waals surface area contributed by atoms with E-state index in [1.807, 2.05) is 6.08 Å². The molecule has 0 aliphatic carbocycles. The van der Waals surface area contributed by atoms with Crippen LogP contribution < -0.4 is 0 Å². The van der Waals surface area contributed by atoms with Gasteiger partial charge < -0.3 is 5.11 Å². The zero-order valence-electron chi connectivity index (χ0n) is 9.09. The van der Waals surface area contributed by atoms with E-state index in [0.29, 0.717) is 6.42 Å². The summed E-state index contributed by atoms with van der Waals surface area (Å²) in [6, 6.07) is 0. The van der Waals surface area contributed by atoms with E-state index < -0.39 is 14.2 Å². The van der Waals surface area contributed by atoms with Crippen molar-refractivity contribution in [3.8, 4) is 11.5 Å². The molecule has 1 nitrogen and oxygen atoms in total. The van der Waals surface area contributed by atoms with Crippen molar-refractivity contribution in [2.45, 2.75) is 45.5 Å². The molecule has 0 saturated carbocycles. The molecule has 0 aromatic heterocycles. The van der Waals surface area contributed by atoms with Gasteiger partial charge in [0.15, 0.2) is 0 Å². The van der Waals surface area contributed by atoms with Crippen molar-refractivity contribution < 1.29 is 5.11 Å². The normalized spacial score (nSPS) is 13.9. The highest BCUT2D eigenvalue weighted by molar-refractivity contribution is 6.83. The minimum absolute atomic E-state index is 0.477. The number of hydrogen-bond donors (Lipinski definition) is 1. The third-order valence-electron chi connectivity index (χ3n) is 1.38. The Labute approximate surface area is 82.9 Å². The smallest absolute Gasteiger partial charge is 0.129 e. The van der Waals surface area contributed by atoms with Gasteiger partial charge in [0, 0.05) is 6.42 Å². The first kappa shape index (κ1) is 12.5. The molecule has 0 aromatic rings. The van der Waals surface area contributed by atoms with Gasteiger partial charge in [0.2, 0.25) is 0 Å². The molecule has 0 radical (unpaired) electrons. The molecule has 0 aliphatic heterocycles. The van der Waals surface area contributed by atoms with Crippen LogP contribution in [-0.2, 0) is 0 Å². The second kappa shape index (κ2) is 6.01. The number of allylic oxidation sites excluding steroid dienone is 1. The molecule has 0 heterocycles. The van der Waals surface area contributed by atoms with Crippen molar-refractivity contribution >= 4 is 8.07 Å². The minimum Gasteiger partial charge on any atom is -0.380 e. The van der Waals surface area contributed by atoms with E-state index in [1.165, 1.54) is 0 Å². The average Bonchev–Trinajstić information content (AvgIpc) is 2.00. The monoisotopic (exact) mass is 196 g/mol. The summed E-state index contributed by atoms with van der Waals surface area (Å²) in [5, 5.41) is 9.44. The quantitative estimate of drug-likeness (QED) is 0.418. The van der Waals surface area contributed by atoms with Crippen LogP contribution in [0.5, 0.6) is 0 Å². The van der Waals surface area contributed by atoms with E-state index in [2.05, 4.69) is 44.1 Å². The Morgan fingerprint density at radius 1 is 1.31 bits per heavy atom. The van der Waals surface area contributed by atoms with Gasteiger partial charge in [-0.2, -0.15) is 0 Å². The Morgan fingerprint density at radius 2 is 1.92 bits per heavy atom. The van der Waals surface area contributed by atoms with Crippen LogP contribution in [0.2, 0.25) is 19.6 Å². The van der Waals surface area contributed by atoms with Crippen molar-refractivity contribution in [2.24, 2.45) is 0 Å². The van der Waals surface area contributed by atoms with Crippen molar-refractivity contribution in [1.29, 1.82) is 0 Å². The number of aliphatic hydroxyl groups is 1. The molecule has 0 saturated heterocycles. The van der Waals surface area contributed by atoms with Crippen LogP contribution in [-0.4, -0.2) is 19.3 Å². The molecule has 0 aromatic carbocycles. The first-order chi connectivity index (χ1) is 5.95. The summed E-state index contributed by atoms with van der Waals surface area (Å²) in [6.07, 6.45) is 5.25. The fourth-order valence-electron chi connectivity index (χ4n) is 0.751. The molecule has 0 fully saturated rings. The summed E-state index contributed by atoms with van der Waals surface area (Å²) in [5.74, 6) is 2.90. The Balaban J connectivity index is 3.91. The maximum atomic E-state index is 9.44. The van der Waals surface area contributed by atoms with Crippen molar-refractivity contribution in [3.05, 3.63) is 12.2 Å². The zero-order chi connectivity index (χ0) is 10.3. The first-order valence-electron chi connectivity index (χ1n) is 4.81. The number of rotatable bonds is 3. The van der Waals surface area contributed by atoms with Crippen molar-refractivity contribution in [1.82, 2.24) is 0 Å². The van der Waals surface area contributed by atoms with Crippen LogP contribution in [0.3, 0.4) is 0 Å². The Morgan fingerprint density at radius 3 is 2.38 bits per heavy atom. The first-order valence-corrected chi connectivity index (χ1v) is 8.31. The van der Waals surface area contributed by atoms with Gasteiger partial charge in [-0.3, -0.25) is 0 Å². The predicted octanol–water partition coefficient (Wildman–Crippen LogP) is 2.58. The standard InChI is InChI=1S/C11H20OSi/c1-5-6-7-8-11(12)9-10-13(2,3)4/h6-7,11-12H,5,8H2,1-4H3/b7-6+. The van der Waals surface area contributed by atoms with Gasteiger partial charge >= 0.3 is 0 Å². The maximum Gasteiger partial charge on any atom is 0.129 e. The van der Waals surface area contributed by atoms with Crippen LogP contribution in [0, 0.1) is 11.5 Å². The summed E-state index contributed by atoms with van der Waals surface area (Å²) in [5.41, 5.74) is 3.15. The summed E-state index contributed by atoms with van der Waals surface area (Å²) < 4.78 is 0. The number of aliphatic hydroxyl groups excluding tert-OH is 1. The lowest BCUT2D eigenvalue weighted by Crippen LogP contribution is -2.17. The SMILES string of the molecule is CC/C=C/CC(O)C#C[Si](C)(C)C. The Hall–Kier alpha value is -0.523. The molecule has 1 atom stereocenters. The molecular formula is C11H20OSi. The molecule has 2 heteroatoms. The molecule has 0 aliphatic rings. The highest BCUT2D eigenvalue weighted by Crippen LogP contribution is 1.98. The van der Waals surface area contributed by atoms with E-state index in [-0.39, 0.29) is 0 Å². The molecule has 0 rings (SSSR count). The molecule has 1 N–H and O–H groups in total. The summed E-state index contributed by atoms with van der Waals surface area (Å²) >= 11 is 0. The molecule has 0 bridgehead atoms. The lowest BCUT2D eigenvalue weighted by atomic mass is 10.2. The van der Waals surface area contributed by atoms with Gasteiger partial charge in [-0.1, -0.05) is 44.6 Å². The van der Waals surface area contributed by atoms with Crippen LogP contribution in [0.25, 0.3) is 0 Å². The topological polar surface area (TPSA) is 20.2 Å². The molecule has 1 unspecified atom stereocenters. The lowest BCUT2D eigenvalue weighted by molar-refractivity contribution is 0.236. The fraction of sp³-hybridized carbons (Fsp3) is 0.636. The van der Waals surface area contributed by atoms with Gasteiger partial charge in [0.05, 0.1) is 0 Å². The van der Waals surface area contributed by atoms with Crippen molar-refractivity contribution in [2.75, 3.05) is 0 Å². The third kappa shape index (κ3) is 9.39.